The molecule has 7 aromatic carbocycles. The van der Waals surface area contributed by atoms with Crippen LogP contribution in [-0.4, -0.2) is 8.07 Å². The third-order valence-electron chi connectivity index (χ3n) is 9.19. The largest absolute Gasteiger partial charge is 0.0775 e. The van der Waals surface area contributed by atoms with E-state index in [4.69, 9.17) is 0 Å². The maximum atomic E-state index is 2.40. The van der Waals surface area contributed by atoms with E-state index in [1.165, 1.54) is 82.4 Å². The normalized spacial score (nSPS) is 12.3. The zero-order valence-electron chi connectivity index (χ0n) is 25.4. The van der Waals surface area contributed by atoms with Crippen LogP contribution in [0.25, 0.3) is 78.2 Å². The molecule has 0 saturated carbocycles. The van der Waals surface area contributed by atoms with E-state index in [1.807, 2.05) is 0 Å². The summed E-state index contributed by atoms with van der Waals surface area (Å²) in [6, 6.07) is 51.5. The van der Waals surface area contributed by atoms with Gasteiger partial charge in [-0.1, -0.05) is 177 Å². The predicted molar refractivity (Wildman–Crippen MR) is 195 cm³/mol. The molecular formula is C43H34Si. The van der Waals surface area contributed by atoms with Gasteiger partial charge in [0.15, 0.2) is 0 Å². The molecule has 0 amide bonds. The predicted octanol–water partition coefficient (Wildman–Crippen LogP) is 11.7. The molecule has 1 heteroatoms. The van der Waals surface area contributed by atoms with Crippen LogP contribution in [0.4, 0.5) is 0 Å². The van der Waals surface area contributed by atoms with Crippen LogP contribution in [0, 0.1) is 0 Å². The standard InChI is InChI=1S/C43H34Si/c1-44(2,3)33-26-22-29(23-27-33)21-24-30-25-28-38-41-34(30)19-12-20-37(41)42-39(31-13-6-4-7-14-31)35-17-10-11-18-36(35)40(43(38)42)32-15-8-5-9-16-32/h4-28H,1-3H3/b24-21+. The summed E-state index contributed by atoms with van der Waals surface area (Å²) in [4.78, 5) is 0. The summed E-state index contributed by atoms with van der Waals surface area (Å²) in [7, 11) is -1.32. The summed E-state index contributed by atoms with van der Waals surface area (Å²) >= 11 is 0. The van der Waals surface area contributed by atoms with Gasteiger partial charge in [0.2, 0.25) is 0 Å². The van der Waals surface area contributed by atoms with Crippen molar-refractivity contribution in [2.75, 3.05) is 0 Å². The molecule has 0 heterocycles. The van der Waals surface area contributed by atoms with E-state index in [2.05, 4.69) is 171 Å². The lowest BCUT2D eigenvalue weighted by Crippen LogP contribution is -2.37. The monoisotopic (exact) mass is 578 g/mol. The SMILES string of the molecule is C[Si](C)(C)c1ccc(/C=C/c2ccc3c4c(cccc24)-c2c-3c(-c3ccccc3)c3ccccc3c2-c2ccccc2)cc1. The zero-order chi connectivity index (χ0) is 29.8. The number of hydrogen-bond acceptors (Lipinski definition) is 0. The summed E-state index contributed by atoms with van der Waals surface area (Å²) in [6.45, 7) is 7.20. The Morgan fingerprint density at radius 3 is 1.50 bits per heavy atom. The molecule has 0 nitrogen and oxygen atoms in total. The number of fused-ring (bicyclic) bond motifs is 4. The Morgan fingerprint density at radius 1 is 0.409 bits per heavy atom. The molecule has 1 aliphatic carbocycles. The summed E-state index contributed by atoms with van der Waals surface area (Å²) in [5.41, 5.74) is 13.0. The van der Waals surface area contributed by atoms with Gasteiger partial charge in [-0.3, -0.25) is 0 Å². The Bertz CT molecular complexity index is 2120. The fourth-order valence-corrected chi connectivity index (χ4v) is 8.22. The van der Waals surface area contributed by atoms with Crippen molar-refractivity contribution in [3.8, 4) is 44.5 Å². The van der Waals surface area contributed by atoms with Crippen molar-refractivity contribution in [2.45, 2.75) is 19.6 Å². The summed E-state index contributed by atoms with van der Waals surface area (Å²) in [5, 5.41) is 6.73. The maximum Gasteiger partial charge on any atom is 0.0775 e. The smallest absolute Gasteiger partial charge is 0.0656 e. The molecule has 0 aliphatic heterocycles. The number of hydrogen-bond donors (Lipinski definition) is 0. The molecule has 0 fully saturated rings. The maximum absolute atomic E-state index is 2.40. The van der Waals surface area contributed by atoms with Crippen LogP contribution in [0.5, 0.6) is 0 Å². The molecule has 0 bridgehead atoms. The summed E-state index contributed by atoms with van der Waals surface area (Å²) < 4.78 is 0. The zero-order valence-corrected chi connectivity index (χ0v) is 26.4. The first kappa shape index (κ1) is 26.6. The fourth-order valence-electron chi connectivity index (χ4n) is 7.06. The molecule has 0 aromatic heterocycles. The molecule has 0 N–H and O–H groups in total. The molecular weight excluding hydrogens is 545 g/mol. The lowest BCUT2D eigenvalue weighted by molar-refractivity contribution is 1.62. The molecule has 44 heavy (non-hydrogen) atoms. The van der Waals surface area contributed by atoms with E-state index >= 15 is 0 Å². The minimum Gasteiger partial charge on any atom is -0.0656 e. The van der Waals surface area contributed by atoms with Crippen LogP contribution in [0.2, 0.25) is 19.6 Å². The van der Waals surface area contributed by atoms with Gasteiger partial charge in [-0.05, 0) is 77.2 Å². The minimum absolute atomic E-state index is 1.24. The molecule has 0 spiro atoms. The second kappa shape index (κ2) is 10.3. The van der Waals surface area contributed by atoms with Crippen molar-refractivity contribution in [1.82, 2.24) is 0 Å². The lowest BCUT2D eigenvalue weighted by Gasteiger charge is -2.20. The van der Waals surface area contributed by atoms with Gasteiger partial charge in [0.25, 0.3) is 0 Å². The highest BCUT2D eigenvalue weighted by Crippen LogP contribution is 2.57. The van der Waals surface area contributed by atoms with E-state index in [0.29, 0.717) is 0 Å². The lowest BCUT2D eigenvalue weighted by atomic mass is 9.82. The highest BCUT2D eigenvalue weighted by molar-refractivity contribution is 6.88. The third-order valence-corrected chi connectivity index (χ3v) is 11.3. The van der Waals surface area contributed by atoms with Crippen LogP contribution in [0.15, 0.2) is 140 Å². The summed E-state index contributed by atoms with van der Waals surface area (Å²) in [5.74, 6) is 0. The molecule has 0 atom stereocenters. The molecule has 0 saturated heterocycles. The van der Waals surface area contributed by atoms with Crippen molar-refractivity contribution in [3.05, 3.63) is 151 Å². The topological polar surface area (TPSA) is 0 Å². The van der Waals surface area contributed by atoms with E-state index in [1.54, 1.807) is 0 Å². The highest BCUT2D eigenvalue weighted by atomic mass is 28.3. The first-order valence-electron chi connectivity index (χ1n) is 15.5. The quantitative estimate of drug-likeness (QED) is 0.141. The Kier molecular flexibility index (Phi) is 6.25. The van der Waals surface area contributed by atoms with Crippen molar-refractivity contribution in [1.29, 1.82) is 0 Å². The van der Waals surface area contributed by atoms with Gasteiger partial charge < -0.3 is 0 Å². The molecule has 7 aromatic rings. The molecule has 210 valence electrons. The fraction of sp³-hybridized carbons (Fsp3) is 0.0698. The highest BCUT2D eigenvalue weighted by Gasteiger charge is 2.30. The van der Waals surface area contributed by atoms with Gasteiger partial charge in [0.05, 0.1) is 8.07 Å². The summed E-state index contributed by atoms with van der Waals surface area (Å²) in [6.07, 6.45) is 4.56. The van der Waals surface area contributed by atoms with Gasteiger partial charge in [0, 0.05) is 0 Å². The molecule has 0 radical (unpaired) electrons. The van der Waals surface area contributed by atoms with Crippen LogP contribution < -0.4 is 5.19 Å². The van der Waals surface area contributed by atoms with Crippen LogP contribution in [-0.2, 0) is 0 Å². The van der Waals surface area contributed by atoms with Crippen LogP contribution in [0.3, 0.4) is 0 Å². The van der Waals surface area contributed by atoms with Gasteiger partial charge in [-0.15, -0.1) is 0 Å². The number of rotatable bonds is 5. The van der Waals surface area contributed by atoms with E-state index in [9.17, 15) is 0 Å². The van der Waals surface area contributed by atoms with Crippen molar-refractivity contribution < 1.29 is 0 Å². The Hall–Kier alpha value is -4.98. The molecule has 0 unspecified atom stereocenters. The van der Waals surface area contributed by atoms with E-state index in [0.717, 1.165) is 0 Å². The van der Waals surface area contributed by atoms with E-state index < -0.39 is 8.07 Å². The first-order chi connectivity index (χ1) is 21.5. The van der Waals surface area contributed by atoms with Gasteiger partial charge in [0.1, 0.15) is 0 Å². The Labute approximate surface area is 261 Å². The van der Waals surface area contributed by atoms with Gasteiger partial charge in [-0.2, -0.15) is 0 Å². The minimum atomic E-state index is -1.32. The average molecular weight is 579 g/mol. The average Bonchev–Trinajstić information content (AvgIpc) is 3.39. The molecule has 1 aliphatic rings. The Morgan fingerprint density at radius 2 is 0.932 bits per heavy atom. The van der Waals surface area contributed by atoms with Gasteiger partial charge in [-0.25, -0.2) is 0 Å². The van der Waals surface area contributed by atoms with Crippen molar-refractivity contribution in [2.24, 2.45) is 0 Å². The second-order valence-corrected chi connectivity index (χ2v) is 18.0. The van der Waals surface area contributed by atoms with Crippen molar-refractivity contribution in [3.63, 3.8) is 0 Å². The third kappa shape index (κ3) is 4.27. The second-order valence-electron chi connectivity index (χ2n) is 12.9. The number of benzene rings is 7. The van der Waals surface area contributed by atoms with Gasteiger partial charge >= 0.3 is 0 Å². The van der Waals surface area contributed by atoms with Crippen LogP contribution >= 0.6 is 0 Å². The van der Waals surface area contributed by atoms with Crippen molar-refractivity contribution >= 4 is 47.0 Å². The van der Waals surface area contributed by atoms with E-state index in [-0.39, 0.29) is 0 Å². The van der Waals surface area contributed by atoms with Crippen LogP contribution in [0.1, 0.15) is 11.1 Å². The Balaban J connectivity index is 1.40. The molecule has 8 rings (SSSR count). The first-order valence-corrected chi connectivity index (χ1v) is 19.0.